The molecule has 0 spiro atoms. The third-order valence-corrected chi connectivity index (χ3v) is 5.34. The Morgan fingerprint density at radius 1 is 1.06 bits per heavy atom. The van der Waals surface area contributed by atoms with Gasteiger partial charge in [0.2, 0.25) is 0 Å². The summed E-state index contributed by atoms with van der Waals surface area (Å²) in [5.41, 5.74) is 3.75. The number of hydrogen-bond acceptors (Lipinski definition) is 5. The average Bonchev–Trinajstić information content (AvgIpc) is 3.23. The zero-order valence-corrected chi connectivity index (χ0v) is 18.0. The molecule has 7 heteroatoms. The summed E-state index contributed by atoms with van der Waals surface area (Å²) in [5.74, 6) is 1.36. The molecule has 1 aliphatic rings. The van der Waals surface area contributed by atoms with Crippen LogP contribution in [0.25, 0.3) is 0 Å². The molecule has 1 aromatic heterocycles. The number of carbonyl (C=O) groups excluding carboxylic acids is 1. The number of nitrogens with one attached hydrogen (secondary N) is 1. The molecule has 0 saturated carbocycles. The Hall–Kier alpha value is -3.32. The molecule has 0 unspecified atom stereocenters. The predicted molar refractivity (Wildman–Crippen MR) is 118 cm³/mol. The van der Waals surface area contributed by atoms with Gasteiger partial charge in [0.15, 0.2) is 17.2 Å². The number of nitrogens with zero attached hydrogens (tertiary/aromatic N) is 3. The molecule has 0 atom stereocenters. The van der Waals surface area contributed by atoms with Crippen molar-refractivity contribution < 1.29 is 14.3 Å². The highest BCUT2D eigenvalue weighted by molar-refractivity contribution is 5.92. The van der Waals surface area contributed by atoms with E-state index < -0.39 is 0 Å². The molecule has 31 heavy (non-hydrogen) atoms. The number of aromatic nitrogens is 2. The first-order chi connectivity index (χ1) is 15.2. The second kappa shape index (κ2) is 9.66. The minimum atomic E-state index is -0.145. The van der Waals surface area contributed by atoms with E-state index in [-0.39, 0.29) is 5.91 Å². The molecule has 1 aliphatic heterocycles. The molecule has 4 rings (SSSR count). The van der Waals surface area contributed by atoms with Gasteiger partial charge in [-0.15, -0.1) is 0 Å². The minimum Gasteiger partial charge on any atom is -0.493 e. The normalized spacial score (nSPS) is 13.5. The van der Waals surface area contributed by atoms with Gasteiger partial charge < -0.3 is 14.8 Å². The first-order valence-corrected chi connectivity index (χ1v) is 10.6. The second-order valence-corrected chi connectivity index (χ2v) is 7.54. The zero-order valence-electron chi connectivity index (χ0n) is 18.0. The van der Waals surface area contributed by atoms with E-state index in [4.69, 9.17) is 9.47 Å². The Balaban J connectivity index is 1.38. The second-order valence-electron chi connectivity index (χ2n) is 7.54. The molecule has 0 saturated heterocycles. The fraction of sp³-hybridized carbons (Fsp3) is 0.333. The number of fused-ring (bicyclic) bond motifs is 1. The topological polar surface area (TPSA) is 68.6 Å². The van der Waals surface area contributed by atoms with Crippen LogP contribution in [0.15, 0.2) is 54.6 Å². The summed E-state index contributed by atoms with van der Waals surface area (Å²) < 4.78 is 13.0. The van der Waals surface area contributed by atoms with Crippen molar-refractivity contribution >= 4 is 5.91 Å². The van der Waals surface area contributed by atoms with E-state index in [0.717, 1.165) is 54.5 Å². The number of rotatable bonds is 8. The van der Waals surface area contributed by atoms with Gasteiger partial charge in [0.1, 0.15) is 0 Å². The van der Waals surface area contributed by atoms with E-state index >= 15 is 0 Å². The first kappa shape index (κ1) is 20.9. The Labute approximate surface area is 182 Å². The molecule has 2 heterocycles. The largest absolute Gasteiger partial charge is 0.493 e. The quantitative estimate of drug-likeness (QED) is 0.606. The zero-order chi connectivity index (χ0) is 21.6. The van der Waals surface area contributed by atoms with Gasteiger partial charge in [-0.25, -0.2) is 0 Å². The van der Waals surface area contributed by atoms with Crippen molar-refractivity contribution in [3.63, 3.8) is 0 Å². The van der Waals surface area contributed by atoms with E-state index in [1.807, 2.05) is 60.1 Å². The van der Waals surface area contributed by atoms with E-state index in [1.165, 1.54) is 0 Å². The molecule has 7 nitrogen and oxygen atoms in total. The maximum atomic E-state index is 12.5. The number of amides is 1. The van der Waals surface area contributed by atoms with Crippen LogP contribution in [-0.2, 0) is 26.2 Å². The Bertz CT molecular complexity index is 1030. The maximum absolute atomic E-state index is 12.5. The Morgan fingerprint density at radius 2 is 1.90 bits per heavy atom. The molecule has 3 aromatic rings. The molecule has 1 amide bonds. The standard InChI is InChI=1S/C24H28N4O3/c1-3-31-22-10-9-19(13-23(22)30-2)16-27-11-12-28-20(17-27)14-21(26-28)24(29)25-15-18-7-5-4-6-8-18/h4-10,13-14H,3,11-12,15-17H2,1-2H3,(H,25,29). The van der Waals surface area contributed by atoms with Crippen molar-refractivity contribution in [2.24, 2.45) is 0 Å². The van der Waals surface area contributed by atoms with Crippen molar-refractivity contribution in [2.75, 3.05) is 20.3 Å². The van der Waals surface area contributed by atoms with Gasteiger partial charge in [0.05, 0.1) is 26.0 Å². The summed E-state index contributed by atoms with van der Waals surface area (Å²) >= 11 is 0. The lowest BCUT2D eigenvalue weighted by atomic mass is 10.1. The van der Waals surface area contributed by atoms with Crippen LogP contribution in [0.2, 0.25) is 0 Å². The molecule has 162 valence electrons. The molecule has 0 bridgehead atoms. The average molecular weight is 421 g/mol. The van der Waals surface area contributed by atoms with Crippen LogP contribution in [0.1, 0.15) is 34.2 Å². The fourth-order valence-electron chi connectivity index (χ4n) is 3.78. The number of benzene rings is 2. The SMILES string of the molecule is CCOc1ccc(CN2CCn3nc(C(=O)NCc4ccccc4)cc3C2)cc1OC. The molecule has 1 N–H and O–H groups in total. The van der Waals surface area contributed by atoms with Crippen LogP contribution in [0.5, 0.6) is 11.5 Å². The van der Waals surface area contributed by atoms with Gasteiger partial charge in [-0.3, -0.25) is 14.4 Å². The molecule has 0 fully saturated rings. The third kappa shape index (κ3) is 5.06. The lowest BCUT2D eigenvalue weighted by Gasteiger charge is -2.27. The summed E-state index contributed by atoms with van der Waals surface area (Å²) in [7, 11) is 1.66. The van der Waals surface area contributed by atoms with Crippen molar-refractivity contribution in [3.05, 3.63) is 77.1 Å². The summed E-state index contributed by atoms with van der Waals surface area (Å²) in [5, 5.41) is 7.45. The molecular formula is C24H28N4O3. The Kier molecular flexibility index (Phi) is 6.52. The highest BCUT2D eigenvalue weighted by atomic mass is 16.5. The first-order valence-electron chi connectivity index (χ1n) is 10.6. The summed E-state index contributed by atoms with van der Waals surface area (Å²) in [6.45, 7) is 6.23. The number of hydrogen-bond donors (Lipinski definition) is 1. The maximum Gasteiger partial charge on any atom is 0.272 e. The lowest BCUT2D eigenvalue weighted by molar-refractivity contribution is 0.0945. The molecular weight excluding hydrogens is 392 g/mol. The molecule has 0 radical (unpaired) electrons. The van der Waals surface area contributed by atoms with E-state index in [0.29, 0.717) is 18.8 Å². The van der Waals surface area contributed by atoms with Crippen LogP contribution in [0, 0.1) is 0 Å². The van der Waals surface area contributed by atoms with Gasteiger partial charge in [0.25, 0.3) is 5.91 Å². The fourth-order valence-corrected chi connectivity index (χ4v) is 3.78. The third-order valence-electron chi connectivity index (χ3n) is 5.34. The smallest absolute Gasteiger partial charge is 0.272 e. The van der Waals surface area contributed by atoms with Gasteiger partial charge in [-0.05, 0) is 36.2 Å². The predicted octanol–water partition coefficient (Wildman–Crippen LogP) is 3.24. The monoisotopic (exact) mass is 420 g/mol. The van der Waals surface area contributed by atoms with Crippen molar-refractivity contribution in [3.8, 4) is 11.5 Å². The van der Waals surface area contributed by atoms with Gasteiger partial charge in [-0.2, -0.15) is 5.10 Å². The number of methoxy groups -OCH3 is 1. The lowest BCUT2D eigenvalue weighted by Crippen LogP contribution is -2.33. The van der Waals surface area contributed by atoms with Crippen molar-refractivity contribution in [1.82, 2.24) is 20.0 Å². The van der Waals surface area contributed by atoms with Crippen molar-refractivity contribution in [2.45, 2.75) is 33.1 Å². The highest BCUT2D eigenvalue weighted by Crippen LogP contribution is 2.29. The van der Waals surface area contributed by atoms with Gasteiger partial charge in [-0.1, -0.05) is 36.4 Å². The molecule has 0 aliphatic carbocycles. The van der Waals surface area contributed by atoms with Gasteiger partial charge in [0, 0.05) is 26.2 Å². The summed E-state index contributed by atoms with van der Waals surface area (Å²) in [6, 6.07) is 17.8. The van der Waals surface area contributed by atoms with E-state index in [1.54, 1.807) is 7.11 Å². The molecule has 2 aromatic carbocycles. The number of ether oxygens (including phenoxy) is 2. The van der Waals surface area contributed by atoms with Crippen molar-refractivity contribution in [1.29, 1.82) is 0 Å². The summed E-state index contributed by atoms with van der Waals surface area (Å²) in [6.07, 6.45) is 0. The van der Waals surface area contributed by atoms with Crippen LogP contribution in [0.4, 0.5) is 0 Å². The summed E-state index contributed by atoms with van der Waals surface area (Å²) in [4.78, 5) is 14.9. The van der Waals surface area contributed by atoms with Gasteiger partial charge >= 0.3 is 0 Å². The minimum absolute atomic E-state index is 0.145. The Morgan fingerprint density at radius 3 is 2.68 bits per heavy atom. The van der Waals surface area contributed by atoms with Crippen LogP contribution in [-0.4, -0.2) is 40.8 Å². The van der Waals surface area contributed by atoms with Crippen LogP contribution in [0.3, 0.4) is 0 Å². The van der Waals surface area contributed by atoms with E-state index in [2.05, 4.69) is 21.4 Å². The van der Waals surface area contributed by atoms with Crippen LogP contribution >= 0.6 is 0 Å². The highest BCUT2D eigenvalue weighted by Gasteiger charge is 2.21. The number of carbonyl (C=O) groups is 1. The van der Waals surface area contributed by atoms with E-state index in [9.17, 15) is 4.79 Å². The van der Waals surface area contributed by atoms with Crippen LogP contribution < -0.4 is 14.8 Å².